The molecule has 23 heavy (non-hydrogen) atoms. The highest BCUT2D eigenvalue weighted by Crippen LogP contribution is 2.34. The molecule has 0 radical (unpaired) electrons. The van der Waals surface area contributed by atoms with E-state index in [0.29, 0.717) is 0 Å². The highest BCUT2D eigenvalue weighted by molar-refractivity contribution is 6.18. The Bertz CT molecular complexity index is 575. The Morgan fingerprint density at radius 1 is 0.870 bits per heavy atom. The van der Waals surface area contributed by atoms with Gasteiger partial charge in [0.2, 0.25) is 0 Å². The van der Waals surface area contributed by atoms with E-state index in [4.69, 9.17) is 16.3 Å². The Balaban J connectivity index is 2.52. The van der Waals surface area contributed by atoms with Crippen LogP contribution in [0.2, 0.25) is 0 Å². The molecular weight excluding hydrogens is 308 g/mol. The summed E-state index contributed by atoms with van der Waals surface area (Å²) in [6.07, 6.45) is -0.858. The van der Waals surface area contributed by atoms with E-state index in [1.165, 1.54) is 33.4 Å². The van der Waals surface area contributed by atoms with Crippen LogP contribution < -0.4 is 0 Å². The van der Waals surface area contributed by atoms with Gasteiger partial charge in [0.15, 0.2) is 0 Å². The summed E-state index contributed by atoms with van der Waals surface area (Å²) in [5, 5.41) is 9.82. The van der Waals surface area contributed by atoms with Gasteiger partial charge in [-0.05, 0) is 61.1 Å². The molecule has 2 nitrogen and oxygen atoms in total. The van der Waals surface area contributed by atoms with E-state index >= 15 is 0 Å². The molecule has 0 amide bonds. The monoisotopic (exact) mass is 332 g/mol. The predicted octanol–water partition coefficient (Wildman–Crippen LogP) is 4.63. The van der Waals surface area contributed by atoms with Crippen molar-refractivity contribution in [3.8, 4) is 0 Å². The number of rotatable bonds is 6. The number of halogens is 1. The topological polar surface area (TPSA) is 29.5 Å². The van der Waals surface area contributed by atoms with E-state index in [-0.39, 0.29) is 18.6 Å². The first-order chi connectivity index (χ1) is 11.0. The first-order valence-corrected chi connectivity index (χ1v) is 8.47. The maximum Gasteiger partial charge on any atom is 0.109 e. The van der Waals surface area contributed by atoms with Crippen LogP contribution in [0.25, 0.3) is 0 Å². The van der Waals surface area contributed by atoms with Crippen LogP contribution >= 0.6 is 11.6 Å². The third-order valence-corrected chi connectivity index (χ3v) is 4.60. The first-order valence-electron chi connectivity index (χ1n) is 7.93. The second-order valence-corrected chi connectivity index (χ2v) is 6.44. The summed E-state index contributed by atoms with van der Waals surface area (Å²) < 4.78 is 6.16. The molecule has 0 saturated carbocycles. The van der Waals surface area contributed by atoms with E-state index in [1.807, 2.05) is 0 Å². The van der Waals surface area contributed by atoms with E-state index in [1.54, 1.807) is 0 Å². The fraction of sp³-hybridized carbons (Fsp3) is 0.400. The number of alkyl halides is 1. The normalized spacial score (nSPS) is 12.7. The molecule has 3 heteroatoms. The molecule has 1 atom stereocenters. The number of hydrogen-bond acceptors (Lipinski definition) is 2. The summed E-state index contributed by atoms with van der Waals surface area (Å²) in [4.78, 5) is 0. The van der Waals surface area contributed by atoms with Gasteiger partial charge in [0.25, 0.3) is 0 Å². The second kappa shape index (κ2) is 7.96. The molecule has 1 N–H and O–H groups in total. The number of aliphatic hydroxyl groups excluding tert-OH is 1. The third kappa shape index (κ3) is 4.14. The van der Waals surface area contributed by atoms with Gasteiger partial charge in [0, 0.05) is 0 Å². The van der Waals surface area contributed by atoms with E-state index in [0.717, 1.165) is 0 Å². The molecular formula is C20H25ClO2. The molecule has 1 unspecified atom stereocenters. The maximum atomic E-state index is 9.82. The highest BCUT2D eigenvalue weighted by atomic mass is 35.5. The maximum absolute atomic E-state index is 9.82. The van der Waals surface area contributed by atoms with Crippen LogP contribution in [0.5, 0.6) is 0 Å². The minimum Gasteiger partial charge on any atom is -0.389 e. The van der Waals surface area contributed by atoms with Gasteiger partial charge in [-0.3, -0.25) is 0 Å². The summed E-state index contributed by atoms with van der Waals surface area (Å²) in [6.45, 7) is 8.62. The average molecular weight is 333 g/mol. The van der Waals surface area contributed by atoms with E-state index in [9.17, 15) is 5.11 Å². The lowest BCUT2D eigenvalue weighted by molar-refractivity contribution is 0.0141. The number of aliphatic hydroxyl groups is 1. The van der Waals surface area contributed by atoms with Crippen LogP contribution in [0.3, 0.4) is 0 Å². The van der Waals surface area contributed by atoms with Gasteiger partial charge < -0.3 is 9.84 Å². The van der Waals surface area contributed by atoms with Gasteiger partial charge in [-0.1, -0.05) is 36.4 Å². The molecule has 2 aromatic rings. The highest BCUT2D eigenvalue weighted by Gasteiger charge is 2.23. The van der Waals surface area contributed by atoms with Crippen molar-refractivity contribution in [1.29, 1.82) is 0 Å². The second-order valence-electron chi connectivity index (χ2n) is 6.13. The number of hydrogen-bond donors (Lipinski definition) is 1. The van der Waals surface area contributed by atoms with Gasteiger partial charge in [0.1, 0.15) is 6.10 Å². The Morgan fingerprint density at radius 3 is 1.61 bits per heavy atom. The minimum absolute atomic E-state index is 0.173. The van der Waals surface area contributed by atoms with Gasteiger partial charge in [0.05, 0.1) is 18.6 Å². The fourth-order valence-electron chi connectivity index (χ4n) is 3.04. The summed E-state index contributed by atoms with van der Waals surface area (Å²) >= 11 is 5.72. The van der Waals surface area contributed by atoms with Crippen molar-refractivity contribution in [3.05, 3.63) is 69.8 Å². The van der Waals surface area contributed by atoms with Gasteiger partial charge in [-0.15, -0.1) is 11.6 Å². The first kappa shape index (κ1) is 18.0. The summed E-state index contributed by atoms with van der Waals surface area (Å²) in [7, 11) is 0. The molecule has 0 aromatic heterocycles. The van der Waals surface area contributed by atoms with Crippen LogP contribution in [0.1, 0.15) is 39.5 Å². The van der Waals surface area contributed by atoms with Crippen molar-refractivity contribution < 1.29 is 9.84 Å². The zero-order valence-corrected chi connectivity index (χ0v) is 15.0. The van der Waals surface area contributed by atoms with Crippen LogP contribution in [-0.2, 0) is 4.74 Å². The molecule has 0 fully saturated rings. The standard InChI is InChI=1S/C20H25ClO2/c1-13-7-5-8-14(2)18(13)20(23-12-17(22)11-21)19-15(3)9-6-10-16(19)4/h5-10,17,20,22H,11-12H2,1-4H3. The lowest BCUT2D eigenvalue weighted by atomic mass is 9.88. The number of ether oxygens (including phenoxy) is 1. The number of benzene rings is 2. The van der Waals surface area contributed by atoms with Crippen LogP contribution in [0.4, 0.5) is 0 Å². The molecule has 124 valence electrons. The Kier molecular flexibility index (Phi) is 6.23. The van der Waals surface area contributed by atoms with Crippen molar-refractivity contribution in [2.45, 2.75) is 39.9 Å². The molecule has 0 heterocycles. The molecule has 2 aromatic carbocycles. The zero-order chi connectivity index (χ0) is 17.0. The molecule has 0 bridgehead atoms. The van der Waals surface area contributed by atoms with Crippen LogP contribution in [0.15, 0.2) is 36.4 Å². The van der Waals surface area contributed by atoms with Gasteiger partial charge in [-0.25, -0.2) is 0 Å². The summed E-state index contributed by atoms with van der Waals surface area (Å²) in [6, 6.07) is 12.5. The van der Waals surface area contributed by atoms with Crippen molar-refractivity contribution >= 4 is 11.6 Å². The zero-order valence-electron chi connectivity index (χ0n) is 14.3. The van der Waals surface area contributed by atoms with Gasteiger partial charge >= 0.3 is 0 Å². The molecule has 0 aliphatic carbocycles. The average Bonchev–Trinajstić information content (AvgIpc) is 2.51. The predicted molar refractivity (Wildman–Crippen MR) is 96.4 cm³/mol. The van der Waals surface area contributed by atoms with Crippen LogP contribution in [-0.4, -0.2) is 23.7 Å². The SMILES string of the molecule is Cc1cccc(C)c1C(OCC(O)CCl)c1c(C)cccc1C. The minimum atomic E-state index is -0.659. The van der Waals surface area contributed by atoms with Crippen LogP contribution in [0, 0.1) is 27.7 Å². The summed E-state index contributed by atoms with van der Waals surface area (Å²) in [5.74, 6) is 0.173. The lowest BCUT2D eigenvalue weighted by Crippen LogP contribution is -2.21. The third-order valence-electron chi connectivity index (χ3n) is 4.24. The van der Waals surface area contributed by atoms with Crippen molar-refractivity contribution in [3.63, 3.8) is 0 Å². The molecule has 2 rings (SSSR count). The smallest absolute Gasteiger partial charge is 0.109 e. The van der Waals surface area contributed by atoms with E-state index in [2.05, 4.69) is 64.1 Å². The fourth-order valence-corrected chi connectivity index (χ4v) is 3.13. The van der Waals surface area contributed by atoms with Crippen molar-refractivity contribution in [2.24, 2.45) is 0 Å². The summed E-state index contributed by atoms with van der Waals surface area (Å²) in [5.41, 5.74) is 7.12. The number of aryl methyl sites for hydroxylation is 4. The lowest BCUT2D eigenvalue weighted by Gasteiger charge is -2.26. The quantitative estimate of drug-likeness (QED) is 0.782. The molecule has 0 aliphatic heterocycles. The molecule has 0 saturated heterocycles. The molecule has 0 aliphatic rings. The van der Waals surface area contributed by atoms with Gasteiger partial charge in [-0.2, -0.15) is 0 Å². The largest absolute Gasteiger partial charge is 0.389 e. The Labute approximate surface area is 144 Å². The Morgan fingerprint density at radius 2 is 1.26 bits per heavy atom. The van der Waals surface area contributed by atoms with E-state index < -0.39 is 6.10 Å². The van der Waals surface area contributed by atoms with Crippen molar-refractivity contribution in [2.75, 3.05) is 12.5 Å². The Hall–Kier alpha value is -1.35. The molecule has 0 spiro atoms. The van der Waals surface area contributed by atoms with Crippen molar-refractivity contribution in [1.82, 2.24) is 0 Å².